The van der Waals surface area contributed by atoms with E-state index in [0.717, 1.165) is 12.0 Å². The maximum atomic E-state index is 11.8. The average Bonchev–Trinajstić information content (AvgIpc) is 2.25. The molecule has 0 fully saturated rings. The highest BCUT2D eigenvalue weighted by Gasteiger charge is 2.24. The smallest absolute Gasteiger partial charge is 0.189 e. The minimum atomic E-state index is -0.0421. The quantitative estimate of drug-likeness (QED) is 0.698. The standard InChI is InChI=1S/C13H12O2/c1-3-9-5-4-6-10-12(9)11(14)7-8(2)13(10)15/h4-7H,3H2,1-2H3. The molecule has 0 saturated heterocycles. The van der Waals surface area contributed by atoms with E-state index in [2.05, 4.69) is 0 Å². The summed E-state index contributed by atoms with van der Waals surface area (Å²) in [5.74, 6) is -0.0700. The molecule has 0 amide bonds. The van der Waals surface area contributed by atoms with Crippen LogP contribution in [0.25, 0.3) is 0 Å². The molecule has 0 saturated carbocycles. The van der Waals surface area contributed by atoms with Gasteiger partial charge in [-0.1, -0.05) is 25.1 Å². The summed E-state index contributed by atoms with van der Waals surface area (Å²) in [5.41, 5.74) is 2.63. The molecule has 0 spiro atoms. The maximum absolute atomic E-state index is 11.8. The topological polar surface area (TPSA) is 34.1 Å². The SMILES string of the molecule is CCc1cccc2c1C(=O)C=C(C)C2=O. The maximum Gasteiger partial charge on any atom is 0.189 e. The Labute approximate surface area is 88.6 Å². The van der Waals surface area contributed by atoms with E-state index in [1.54, 1.807) is 13.0 Å². The number of Topliss-reactive ketones (excluding diaryl/α,β-unsaturated/α-hetero) is 1. The Kier molecular flexibility index (Phi) is 2.27. The summed E-state index contributed by atoms with van der Waals surface area (Å²) in [7, 11) is 0. The molecular weight excluding hydrogens is 188 g/mol. The molecule has 0 bridgehead atoms. The average molecular weight is 200 g/mol. The van der Waals surface area contributed by atoms with Crippen LogP contribution in [0.5, 0.6) is 0 Å². The van der Waals surface area contributed by atoms with Crippen molar-refractivity contribution >= 4 is 11.6 Å². The number of hydrogen-bond donors (Lipinski definition) is 0. The lowest BCUT2D eigenvalue weighted by atomic mass is 9.86. The van der Waals surface area contributed by atoms with Crippen LogP contribution in [0.15, 0.2) is 29.8 Å². The van der Waals surface area contributed by atoms with E-state index in [0.29, 0.717) is 16.7 Å². The Balaban J connectivity index is 2.71. The van der Waals surface area contributed by atoms with Crippen molar-refractivity contribution in [2.75, 3.05) is 0 Å². The van der Waals surface area contributed by atoms with E-state index in [1.165, 1.54) is 6.08 Å². The van der Waals surface area contributed by atoms with Crippen molar-refractivity contribution < 1.29 is 9.59 Å². The third kappa shape index (κ3) is 1.42. The number of rotatable bonds is 1. The number of fused-ring (bicyclic) bond motifs is 1. The molecule has 0 heterocycles. The van der Waals surface area contributed by atoms with Crippen molar-refractivity contribution in [2.24, 2.45) is 0 Å². The molecule has 15 heavy (non-hydrogen) atoms. The Morgan fingerprint density at radius 1 is 1.20 bits per heavy atom. The normalized spacial score (nSPS) is 14.9. The molecule has 1 aromatic rings. The molecule has 76 valence electrons. The minimum absolute atomic E-state index is 0.0279. The first-order valence-electron chi connectivity index (χ1n) is 5.04. The Morgan fingerprint density at radius 2 is 1.93 bits per heavy atom. The summed E-state index contributed by atoms with van der Waals surface area (Å²) in [4.78, 5) is 23.6. The van der Waals surface area contributed by atoms with Crippen molar-refractivity contribution in [1.29, 1.82) is 0 Å². The van der Waals surface area contributed by atoms with Crippen molar-refractivity contribution in [3.05, 3.63) is 46.5 Å². The van der Waals surface area contributed by atoms with Gasteiger partial charge in [0.25, 0.3) is 0 Å². The van der Waals surface area contributed by atoms with Crippen molar-refractivity contribution in [3.8, 4) is 0 Å². The molecule has 0 aliphatic heterocycles. The van der Waals surface area contributed by atoms with Gasteiger partial charge in [0.15, 0.2) is 11.6 Å². The first-order chi connectivity index (χ1) is 7.15. The minimum Gasteiger partial charge on any atom is -0.289 e. The van der Waals surface area contributed by atoms with Gasteiger partial charge in [-0.3, -0.25) is 9.59 Å². The highest BCUT2D eigenvalue weighted by atomic mass is 16.1. The predicted octanol–water partition coefficient (Wildman–Crippen LogP) is 2.57. The predicted molar refractivity (Wildman–Crippen MR) is 58.2 cm³/mol. The first-order valence-corrected chi connectivity index (χ1v) is 5.04. The van der Waals surface area contributed by atoms with Crippen LogP contribution in [-0.4, -0.2) is 11.6 Å². The van der Waals surface area contributed by atoms with Crippen molar-refractivity contribution in [3.63, 3.8) is 0 Å². The molecule has 0 aromatic heterocycles. The van der Waals surface area contributed by atoms with Gasteiger partial charge in [-0.25, -0.2) is 0 Å². The highest BCUT2D eigenvalue weighted by molar-refractivity contribution is 6.24. The molecule has 1 aliphatic carbocycles. The van der Waals surface area contributed by atoms with Gasteiger partial charge in [-0.05, 0) is 25.0 Å². The van der Waals surface area contributed by atoms with Gasteiger partial charge in [0.1, 0.15) is 0 Å². The number of benzene rings is 1. The summed E-state index contributed by atoms with van der Waals surface area (Å²) >= 11 is 0. The largest absolute Gasteiger partial charge is 0.289 e. The Morgan fingerprint density at radius 3 is 2.60 bits per heavy atom. The lowest BCUT2D eigenvalue weighted by Gasteiger charge is -2.15. The van der Waals surface area contributed by atoms with Gasteiger partial charge in [-0.2, -0.15) is 0 Å². The van der Waals surface area contributed by atoms with Crippen molar-refractivity contribution in [1.82, 2.24) is 0 Å². The summed E-state index contributed by atoms with van der Waals surface area (Å²) in [5, 5.41) is 0. The Bertz CT molecular complexity index is 481. The zero-order valence-corrected chi connectivity index (χ0v) is 8.83. The summed E-state index contributed by atoms with van der Waals surface area (Å²) in [6, 6.07) is 5.46. The van der Waals surface area contributed by atoms with Crippen LogP contribution >= 0.6 is 0 Å². The molecule has 0 radical (unpaired) electrons. The fourth-order valence-corrected chi connectivity index (χ4v) is 1.92. The third-order valence-electron chi connectivity index (χ3n) is 2.73. The fraction of sp³-hybridized carbons (Fsp3) is 0.231. The van der Waals surface area contributed by atoms with Crippen LogP contribution in [0.1, 0.15) is 40.1 Å². The lowest BCUT2D eigenvalue weighted by molar-refractivity contribution is 0.0984. The molecule has 0 atom stereocenters. The number of ketones is 2. The second-order valence-corrected chi connectivity index (χ2v) is 3.71. The molecule has 2 nitrogen and oxygen atoms in total. The van der Waals surface area contributed by atoms with Gasteiger partial charge in [0, 0.05) is 16.7 Å². The van der Waals surface area contributed by atoms with Crippen molar-refractivity contribution in [2.45, 2.75) is 20.3 Å². The summed E-state index contributed by atoms with van der Waals surface area (Å²) in [6.07, 6.45) is 2.21. The third-order valence-corrected chi connectivity index (χ3v) is 2.73. The van der Waals surface area contributed by atoms with Crippen LogP contribution in [-0.2, 0) is 6.42 Å². The Hall–Kier alpha value is -1.70. The van der Waals surface area contributed by atoms with Crippen LogP contribution in [0.2, 0.25) is 0 Å². The zero-order valence-electron chi connectivity index (χ0n) is 8.83. The number of carbonyl (C=O) groups is 2. The first kappa shape index (κ1) is 9.84. The van der Waals surface area contributed by atoms with Gasteiger partial charge in [0.05, 0.1) is 0 Å². The van der Waals surface area contributed by atoms with Crippen LogP contribution in [0.4, 0.5) is 0 Å². The van der Waals surface area contributed by atoms with Gasteiger partial charge >= 0.3 is 0 Å². The van der Waals surface area contributed by atoms with E-state index < -0.39 is 0 Å². The van der Waals surface area contributed by atoms with Crippen LogP contribution in [0, 0.1) is 0 Å². The number of aryl methyl sites for hydroxylation is 1. The van der Waals surface area contributed by atoms with E-state index in [9.17, 15) is 9.59 Å². The van der Waals surface area contributed by atoms with E-state index >= 15 is 0 Å². The molecule has 2 rings (SSSR count). The second kappa shape index (κ2) is 3.46. The van der Waals surface area contributed by atoms with Crippen LogP contribution in [0.3, 0.4) is 0 Å². The van der Waals surface area contributed by atoms with Crippen LogP contribution < -0.4 is 0 Å². The van der Waals surface area contributed by atoms with Gasteiger partial charge in [-0.15, -0.1) is 0 Å². The summed E-state index contributed by atoms with van der Waals surface area (Å²) < 4.78 is 0. The number of hydrogen-bond acceptors (Lipinski definition) is 2. The highest BCUT2D eigenvalue weighted by Crippen LogP contribution is 2.24. The number of allylic oxidation sites excluding steroid dienone is 2. The monoisotopic (exact) mass is 200 g/mol. The molecule has 0 N–H and O–H groups in total. The number of carbonyl (C=O) groups excluding carboxylic acids is 2. The fourth-order valence-electron chi connectivity index (χ4n) is 1.92. The van der Waals surface area contributed by atoms with E-state index in [-0.39, 0.29) is 11.6 Å². The zero-order chi connectivity index (χ0) is 11.0. The second-order valence-electron chi connectivity index (χ2n) is 3.71. The molecular formula is C13H12O2. The van der Waals surface area contributed by atoms with E-state index in [1.807, 2.05) is 19.1 Å². The molecule has 2 heteroatoms. The van der Waals surface area contributed by atoms with E-state index in [4.69, 9.17) is 0 Å². The van der Waals surface area contributed by atoms with Gasteiger partial charge < -0.3 is 0 Å². The molecule has 0 unspecified atom stereocenters. The van der Waals surface area contributed by atoms with Gasteiger partial charge in [0.2, 0.25) is 0 Å². The lowest BCUT2D eigenvalue weighted by Crippen LogP contribution is -2.17. The summed E-state index contributed by atoms with van der Waals surface area (Å²) in [6.45, 7) is 3.67. The molecule has 1 aromatic carbocycles. The molecule has 1 aliphatic rings.